The van der Waals surface area contributed by atoms with Crippen LogP contribution in [0.4, 0.5) is 0 Å². The van der Waals surface area contributed by atoms with Gasteiger partial charge in [-0.2, -0.15) is 5.26 Å². The first-order chi connectivity index (χ1) is 8.24. The van der Waals surface area contributed by atoms with E-state index in [1.54, 1.807) is 0 Å². The summed E-state index contributed by atoms with van der Waals surface area (Å²) in [6.45, 7) is 3.21. The fourth-order valence-corrected chi connectivity index (χ4v) is 2.19. The molecular formula is C15H20N2. The maximum Gasteiger partial charge on any atom is 0.0628 e. The molecule has 1 atom stereocenters. The largest absolute Gasteiger partial charge is 0.313 e. The van der Waals surface area contributed by atoms with E-state index in [4.69, 9.17) is 5.26 Å². The second-order valence-electron chi connectivity index (χ2n) is 5.31. The van der Waals surface area contributed by atoms with Crippen molar-refractivity contribution in [1.82, 2.24) is 5.32 Å². The van der Waals surface area contributed by atoms with E-state index < -0.39 is 0 Å². The molecule has 2 nitrogen and oxygen atoms in total. The maximum absolute atomic E-state index is 8.76. The highest BCUT2D eigenvalue weighted by atomic mass is 14.9. The van der Waals surface area contributed by atoms with E-state index >= 15 is 0 Å². The first-order valence-corrected chi connectivity index (χ1v) is 6.38. The van der Waals surface area contributed by atoms with Gasteiger partial charge in [0.2, 0.25) is 0 Å². The number of hydrogen-bond donors (Lipinski definition) is 1. The first-order valence-electron chi connectivity index (χ1n) is 6.38. The Morgan fingerprint density at radius 2 is 2.06 bits per heavy atom. The molecule has 0 bridgehead atoms. The van der Waals surface area contributed by atoms with Gasteiger partial charge in [-0.1, -0.05) is 30.3 Å². The van der Waals surface area contributed by atoms with Crippen LogP contribution >= 0.6 is 0 Å². The fourth-order valence-electron chi connectivity index (χ4n) is 2.19. The molecule has 2 rings (SSSR count). The molecule has 0 saturated heterocycles. The Kier molecular flexibility index (Phi) is 3.81. The van der Waals surface area contributed by atoms with Crippen molar-refractivity contribution in [2.45, 2.75) is 38.6 Å². The van der Waals surface area contributed by atoms with Gasteiger partial charge < -0.3 is 5.32 Å². The van der Waals surface area contributed by atoms with E-state index in [9.17, 15) is 0 Å². The van der Waals surface area contributed by atoms with Gasteiger partial charge in [-0.25, -0.2) is 0 Å². The van der Waals surface area contributed by atoms with Crippen molar-refractivity contribution in [3.63, 3.8) is 0 Å². The number of nitriles is 1. The quantitative estimate of drug-likeness (QED) is 0.812. The SMILES string of the molecule is CC(Cc1ccccc1)NCC1(CC#N)CC1. The summed E-state index contributed by atoms with van der Waals surface area (Å²) in [6.07, 6.45) is 4.19. The molecule has 0 aliphatic heterocycles. The summed E-state index contributed by atoms with van der Waals surface area (Å²) in [7, 11) is 0. The Balaban J connectivity index is 1.75. The average Bonchev–Trinajstić information content (AvgIpc) is 3.09. The Labute approximate surface area is 104 Å². The lowest BCUT2D eigenvalue weighted by atomic mass is 10.0. The van der Waals surface area contributed by atoms with Crippen LogP contribution in [-0.4, -0.2) is 12.6 Å². The fraction of sp³-hybridized carbons (Fsp3) is 0.533. The molecule has 0 spiro atoms. The zero-order chi connectivity index (χ0) is 12.1. The van der Waals surface area contributed by atoms with Crippen molar-refractivity contribution < 1.29 is 0 Å². The summed E-state index contributed by atoms with van der Waals surface area (Å²) < 4.78 is 0. The monoisotopic (exact) mass is 228 g/mol. The van der Waals surface area contributed by atoms with Gasteiger partial charge in [0.25, 0.3) is 0 Å². The summed E-state index contributed by atoms with van der Waals surface area (Å²) >= 11 is 0. The summed E-state index contributed by atoms with van der Waals surface area (Å²) in [6, 6.07) is 13.3. The van der Waals surface area contributed by atoms with E-state index in [0.717, 1.165) is 13.0 Å². The third-order valence-electron chi connectivity index (χ3n) is 3.62. The highest BCUT2D eigenvalue weighted by Gasteiger charge is 2.42. The van der Waals surface area contributed by atoms with E-state index in [2.05, 4.69) is 42.6 Å². The van der Waals surface area contributed by atoms with Crippen LogP contribution in [0.2, 0.25) is 0 Å². The van der Waals surface area contributed by atoms with Crippen LogP contribution in [0.15, 0.2) is 30.3 Å². The second kappa shape index (κ2) is 5.33. The molecule has 0 amide bonds. The van der Waals surface area contributed by atoms with Gasteiger partial charge in [-0.05, 0) is 37.2 Å². The lowest BCUT2D eigenvalue weighted by Gasteiger charge is -2.18. The van der Waals surface area contributed by atoms with Gasteiger partial charge in [0.05, 0.1) is 6.07 Å². The molecule has 2 heteroatoms. The van der Waals surface area contributed by atoms with Gasteiger partial charge in [0.1, 0.15) is 0 Å². The minimum atomic E-state index is 0.305. The zero-order valence-corrected chi connectivity index (χ0v) is 10.4. The Bertz CT molecular complexity index is 387. The highest BCUT2D eigenvalue weighted by Crippen LogP contribution is 2.47. The standard InChI is InChI=1S/C15H20N2/c1-13(11-14-5-3-2-4-6-14)17-12-15(7-8-15)9-10-16/h2-6,13,17H,7-9,11-12H2,1H3. The van der Waals surface area contributed by atoms with E-state index in [-0.39, 0.29) is 0 Å². The van der Waals surface area contributed by atoms with Crippen LogP contribution in [-0.2, 0) is 6.42 Å². The number of nitrogens with one attached hydrogen (secondary N) is 1. The van der Waals surface area contributed by atoms with Gasteiger partial charge in [0.15, 0.2) is 0 Å². The smallest absolute Gasteiger partial charge is 0.0628 e. The Hall–Kier alpha value is -1.33. The van der Waals surface area contributed by atoms with Crippen LogP contribution in [0.5, 0.6) is 0 Å². The van der Waals surface area contributed by atoms with Crippen molar-refractivity contribution >= 4 is 0 Å². The Morgan fingerprint density at radius 3 is 2.65 bits per heavy atom. The first kappa shape index (κ1) is 12.1. The number of hydrogen-bond acceptors (Lipinski definition) is 2. The van der Waals surface area contributed by atoms with E-state index in [1.807, 2.05) is 6.07 Å². The third kappa shape index (κ3) is 3.57. The van der Waals surface area contributed by atoms with Gasteiger partial charge in [-0.15, -0.1) is 0 Å². The van der Waals surface area contributed by atoms with Gasteiger partial charge >= 0.3 is 0 Å². The molecule has 1 aromatic rings. The van der Waals surface area contributed by atoms with Crippen LogP contribution < -0.4 is 5.32 Å². The number of rotatable bonds is 6. The molecule has 1 N–H and O–H groups in total. The lowest BCUT2D eigenvalue weighted by molar-refractivity contribution is 0.425. The summed E-state index contributed by atoms with van der Waals surface area (Å²) in [5.41, 5.74) is 1.68. The molecule has 1 saturated carbocycles. The highest BCUT2D eigenvalue weighted by molar-refractivity contribution is 5.15. The van der Waals surface area contributed by atoms with Crippen molar-refractivity contribution in [3.8, 4) is 6.07 Å². The topological polar surface area (TPSA) is 35.8 Å². The van der Waals surface area contributed by atoms with Crippen LogP contribution in [0, 0.1) is 16.7 Å². The summed E-state index contributed by atoms with van der Waals surface area (Å²) in [5.74, 6) is 0. The second-order valence-corrected chi connectivity index (χ2v) is 5.31. The third-order valence-corrected chi connectivity index (χ3v) is 3.62. The maximum atomic E-state index is 8.76. The molecule has 1 fully saturated rings. The number of nitrogens with zero attached hydrogens (tertiary/aromatic N) is 1. The molecule has 1 aliphatic rings. The summed E-state index contributed by atoms with van der Waals surface area (Å²) in [5, 5.41) is 12.3. The minimum Gasteiger partial charge on any atom is -0.313 e. The molecule has 0 aromatic heterocycles. The van der Waals surface area contributed by atoms with Crippen molar-refractivity contribution in [2.75, 3.05) is 6.54 Å². The molecular weight excluding hydrogens is 208 g/mol. The molecule has 0 radical (unpaired) electrons. The molecule has 1 aliphatic carbocycles. The van der Waals surface area contributed by atoms with Crippen LogP contribution in [0.3, 0.4) is 0 Å². The van der Waals surface area contributed by atoms with Crippen LogP contribution in [0.25, 0.3) is 0 Å². The average molecular weight is 228 g/mol. The normalized spacial score (nSPS) is 18.4. The van der Waals surface area contributed by atoms with E-state index in [1.165, 1.54) is 18.4 Å². The molecule has 17 heavy (non-hydrogen) atoms. The predicted octanol–water partition coefficient (Wildman–Crippen LogP) is 2.90. The van der Waals surface area contributed by atoms with Crippen molar-refractivity contribution in [3.05, 3.63) is 35.9 Å². The lowest BCUT2D eigenvalue weighted by Crippen LogP contribution is -2.33. The molecule has 90 valence electrons. The van der Waals surface area contributed by atoms with Gasteiger partial charge in [-0.3, -0.25) is 0 Å². The molecule has 1 unspecified atom stereocenters. The molecule has 0 heterocycles. The van der Waals surface area contributed by atoms with Crippen LogP contribution in [0.1, 0.15) is 31.7 Å². The molecule has 1 aromatic carbocycles. The van der Waals surface area contributed by atoms with Crippen molar-refractivity contribution in [1.29, 1.82) is 5.26 Å². The predicted molar refractivity (Wildman–Crippen MR) is 69.5 cm³/mol. The number of benzene rings is 1. The van der Waals surface area contributed by atoms with E-state index in [0.29, 0.717) is 17.9 Å². The minimum absolute atomic E-state index is 0.305. The summed E-state index contributed by atoms with van der Waals surface area (Å²) in [4.78, 5) is 0. The van der Waals surface area contributed by atoms with Gasteiger partial charge in [0, 0.05) is 19.0 Å². The zero-order valence-electron chi connectivity index (χ0n) is 10.4. The van der Waals surface area contributed by atoms with Crippen molar-refractivity contribution in [2.24, 2.45) is 5.41 Å². The Morgan fingerprint density at radius 1 is 1.35 bits per heavy atom.